The minimum atomic E-state index is -0.200. The molecule has 1 aliphatic heterocycles. The van der Waals surface area contributed by atoms with E-state index in [9.17, 15) is 4.79 Å². The van der Waals surface area contributed by atoms with Crippen LogP contribution in [0.2, 0.25) is 5.02 Å². The van der Waals surface area contributed by atoms with Gasteiger partial charge in [0.05, 0.1) is 39.2 Å². The monoisotopic (exact) mass is 485 g/mol. The molecule has 30 heavy (non-hydrogen) atoms. The average Bonchev–Trinajstić information content (AvgIpc) is 3.30. The molecule has 1 aliphatic rings. The summed E-state index contributed by atoms with van der Waals surface area (Å²) in [6, 6.07) is 9.06. The highest BCUT2D eigenvalue weighted by molar-refractivity contribution is 9.10. The fourth-order valence-electron chi connectivity index (χ4n) is 3.96. The molecule has 0 saturated carbocycles. The first-order valence-electron chi connectivity index (χ1n) is 9.25. The molecule has 0 saturated heterocycles. The molecule has 152 valence electrons. The molecule has 9 heteroatoms. The van der Waals surface area contributed by atoms with Crippen molar-refractivity contribution in [3.63, 3.8) is 0 Å². The van der Waals surface area contributed by atoms with Crippen molar-refractivity contribution in [2.75, 3.05) is 19.4 Å². The molecule has 3 heterocycles. The van der Waals surface area contributed by atoms with Crippen LogP contribution >= 0.6 is 27.5 Å². The number of nitrogens with zero attached hydrogens (tertiary/aromatic N) is 4. The number of aryl methyl sites for hydroxylation is 1. The molecule has 0 radical (unpaired) electrons. The number of pyridine rings is 1. The van der Waals surface area contributed by atoms with Crippen LogP contribution in [0.15, 0.2) is 41.0 Å². The Hall–Kier alpha value is -2.84. The van der Waals surface area contributed by atoms with E-state index in [1.165, 1.54) is 0 Å². The number of halogens is 2. The SMILES string of the molecule is CN(C(=O)c1cc2c(cc1Cl)nc(N)c1cnn(C)c12)C1COc2cc(Br)ccc21. The minimum absolute atomic E-state index is 0.196. The van der Waals surface area contributed by atoms with E-state index in [1.807, 2.05) is 25.2 Å². The summed E-state index contributed by atoms with van der Waals surface area (Å²) in [6.07, 6.45) is 1.67. The Morgan fingerprint density at radius 3 is 2.93 bits per heavy atom. The van der Waals surface area contributed by atoms with Crippen LogP contribution in [-0.2, 0) is 7.05 Å². The van der Waals surface area contributed by atoms with Gasteiger partial charge in [-0.1, -0.05) is 33.6 Å². The predicted molar refractivity (Wildman–Crippen MR) is 120 cm³/mol. The normalized spacial score (nSPS) is 15.4. The first kappa shape index (κ1) is 19.1. The maximum atomic E-state index is 13.4. The molecular weight excluding hydrogens is 470 g/mol. The van der Waals surface area contributed by atoms with Crippen LogP contribution in [0.3, 0.4) is 0 Å². The van der Waals surface area contributed by atoms with Gasteiger partial charge in [-0.2, -0.15) is 5.10 Å². The van der Waals surface area contributed by atoms with Crippen LogP contribution < -0.4 is 10.5 Å². The number of carbonyl (C=O) groups excluding carboxylic acids is 1. The van der Waals surface area contributed by atoms with Crippen molar-refractivity contribution in [1.82, 2.24) is 19.7 Å². The zero-order chi connectivity index (χ0) is 21.2. The molecule has 0 spiro atoms. The van der Waals surface area contributed by atoms with Crippen LogP contribution in [0.5, 0.6) is 5.75 Å². The number of likely N-dealkylation sites (N-methyl/N-ethyl adjacent to an activating group) is 1. The molecule has 1 atom stereocenters. The van der Waals surface area contributed by atoms with E-state index in [4.69, 9.17) is 22.1 Å². The highest BCUT2D eigenvalue weighted by Gasteiger charge is 2.32. The van der Waals surface area contributed by atoms with Gasteiger partial charge in [0.2, 0.25) is 0 Å². The number of amides is 1. The first-order chi connectivity index (χ1) is 14.3. The number of benzene rings is 2. The molecule has 2 aromatic heterocycles. The molecule has 1 unspecified atom stereocenters. The lowest BCUT2D eigenvalue weighted by atomic mass is 10.0. The molecule has 0 bridgehead atoms. The largest absolute Gasteiger partial charge is 0.491 e. The van der Waals surface area contributed by atoms with E-state index in [0.717, 1.165) is 32.1 Å². The Kier molecular flexibility index (Phi) is 4.37. The van der Waals surface area contributed by atoms with Crippen molar-refractivity contribution >= 4 is 61.1 Å². The van der Waals surface area contributed by atoms with Gasteiger partial charge in [0.1, 0.15) is 18.2 Å². The number of carbonyl (C=O) groups is 1. The predicted octanol–water partition coefficient (Wildman–Crippen LogP) is 4.33. The lowest BCUT2D eigenvalue weighted by Gasteiger charge is -2.24. The Morgan fingerprint density at radius 1 is 1.33 bits per heavy atom. The fraction of sp³-hybridized carbons (Fsp3) is 0.190. The summed E-state index contributed by atoms with van der Waals surface area (Å²) in [4.78, 5) is 19.5. The number of aromatic nitrogens is 3. The fourth-order valence-corrected chi connectivity index (χ4v) is 4.54. The zero-order valence-corrected chi connectivity index (χ0v) is 18.5. The van der Waals surface area contributed by atoms with Crippen LogP contribution in [0.1, 0.15) is 22.0 Å². The van der Waals surface area contributed by atoms with Gasteiger partial charge >= 0.3 is 0 Å². The van der Waals surface area contributed by atoms with E-state index < -0.39 is 0 Å². The number of fused-ring (bicyclic) bond motifs is 4. The lowest BCUT2D eigenvalue weighted by molar-refractivity contribution is 0.0709. The number of rotatable bonds is 2. The lowest BCUT2D eigenvalue weighted by Crippen LogP contribution is -2.32. The molecule has 5 rings (SSSR count). The number of anilines is 1. The number of nitrogen functional groups attached to an aromatic ring is 1. The molecule has 0 aliphatic carbocycles. The van der Waals surface area contributed by atoms with Gasteiger partial charge < -0.3 is 15.4 Å². The van der Waals surface area contributed by atoms with Crippen LogP contribution in [0, 0.1) is 0 Å². The van der Waals surface area contributed by atoms with E-state index in [-0.39, 0.29) is 11.9 Å². The summed E-state index contributed by atoms with van der Waals surface area (Å²) < 4.78 is 8.44. The Bertz CT molecular complexity index is 1350. The zero-order valence-electron chi connectivity index (χ0n) is 16.2. The van der Waals surface area contributed by atoms with E-state index in [2.05, 4.69) is 26.0 Å². The Labute approximate surface area is 185 Å². The number of hydrogen-bond donors (Lipinski definition) is 1. The first-order valence-corrected chi connectivity index (χ1v) is 10.4. The maximum Gasteiger partial charge on any atom is 0.255 e. The smallest absolute Gasteiger partial charge is 0.255 e. The number of ether oxygens (including phenoxy) is 1. The topological polar surface area (TPSA) is 86.3 Å². The number of hydrogen-bond acceptors (Lipinski definition) is 5. The summed E-state index contributed by atoms with van der Waals surface area (Å²) in [5, 5.41) is 6.11. The number of nitrogens with two attached hydrogens (primary N) is 1. The average molecular weight is 487 g/mol. The van der Waals surface area contributed by atoms with Crippen molar-refractivity contribution in [1.29, 1.82) is 0 Å². The summed E-state index contributed by atoms with van der Waals surface area (Å²) >= 11 is 9.95. The molecule has 7 nitrogen and oxygen atoms in total. The summed E-state index contributed by atoms with van der Waals surface area (Å²) in [6.45, 7) is 0.392. The molecule has 1 amide bonds. The van der Waals surface area contributed by atoms with E-state index in [1.54, 1.807) is 35.0 Å². The second-order valence-electron chi connectivity index (χ2n) is 7.30. The van der Waals surface area contributed by atoms with Crippen molar-refractivity contribution in [2.45, 2.75) is 6.04 Å². The van der Waals surface area contributed by atoms with Gasteiger partial charge in [-0.25, -0.2) is 4.98 Å². The van der Waals surface area contributed by atoms with Crippen molar-refractivity contribution in [2.24, 2.45) is 7.05 Å². The second-order valence-corrected chi connectivity index (χ2v) is 8.62. The Balaban J connectivity index is 1.60. The molecule has 2 aromatic carbocycles. The minimum Gasteiger partial charge on any atom is -0.491 e. The van der Waals surface area contributed by atoms with Crippen molar-refractivity contribution in [3.8, 4) is 5.75 Å². The highest BCUT2D eigenvalue weighted by Crippen LogP contribution is 2.39. The summed E-state index contributed by atoms with van der Waals surface area (Å²) in [5.74, 6) is 0.956. The maximum absolute atomic E-state index is 13.4. The van der Waals surface area contributed by atoms with Crippen LogP contribution in [-0.4, -0.2) is 39.2 Å². The summed E-state index contributed by atoms with van der Waals surface area (Å²) in [7, 11) is 3.59. The third kappa shape index (κ3) is 2.82. The van der Waals surface area contributed by atoms with Crippen LogP contribution in [0.4, 0.5) is 5.82 Å². The van der Waals surface area contributed by atoms with Crippen LogP contribution in [0.25, 0.3) is 21.8 Å². The third-order valence-corrected chi connectivity index (χ3v) is 6.35. The quantitative estimate of drug-likeness (QED) is 0.456. The molecule has 4 aromatic rings. The highest BCUT2D eigenvalue weighted by atomic mass is 79.9. The van der Waals surface area contributed by atoms with Gasteiger partial charge in [-0.05, 0) is 24.3 Å². The molecule has 2 N–H and O–H groups in total. The van der Waals surface area contributed by atoms with E-state index in [0.29, 0.717) is 28.5 Å². The standard InChI is InChI=1S/C21H17BrClN5O2/c1-27(17-9-30-18-5-10(22)3-4-11(17)18)21(29)12-6-13-16(7-15(12)23)26-20(24)14-8-25-28(2)19(13)14/h3-8,17H,9H2,1-2H3,(H2,24,26). The third-order valence-electron chi connectivity index (χ3n) is 5.55. The molecular formula is C21H17BrClN5O2. The van der Waals surface area contributed by atoms with Gasteiger partial charge in [0, 0.05) is 29.5 Å². The van der Waals surface area contributed by atoms with Gasteiger partial charge in [0.15, 0.2) is 0 Å². The molecule has 0 fully saturated rings. The summed E-state index contributed by atoms with van der Waals surface area (Å²) in [5.41, 5.74) is 8.86. The van der Waals surface area contributed by atoms with E-state index >= 15 is 0 Å². The second kappa shape index (κ2) is 6.85. The van der Waals surface area contributed by atoms with Gasteiger partial charge in [-0.15, -0.1) is 0 Å². The Morgan fingerprint density at radius 2 is 2.13 bits per heavy atom. The van der Waals surface area contributed by atoms with Gasteiger partial charge in [0.25, 0.3) is 5.91 Å². The van der Waals surface area contributed by atoms with Crippen molar-refractivity contribution in [3.05, 3.63) is 57.2 Å². The van der Waals surface area contributed by atoms with Crippen molar-refractivity contribution < 1.29 is 9.53 Å². The van der Waals surface area contributed by atoms with Gasteiger partial charge in [-0.3, -0.25) is 9.48 Å².